The molecule has 0 saturated carbocycles. The summed E-state index contributed by atoms with van der Waals surface area (Å²) in [5, 5.41) is 1.49. The number of hydrogen-bond donors (Lipinski definition) is 0. The van der Waals surface area contributed by atoms with Crippen LogP contribution in [-0.2, 0) is 0 Å². The summed E-state index contributed by atoms with van der Waals surface area (Å²) in [6, 6.07) is 7.35. The molecule has 2 aromatic rings. The first kappa shape index (κ1) is 12.4. The van der Waals surface area contributed by atoms with E-state index in [1.165, 1.54) is 0 Å². The van der Waals surface area contributed by atoms with Gasteiger partial charge in [0.05, 0.1) is 10.0 Å². The fourth-order valence-corrected chi connectivity index (χ4v) is 2.25. The van der Waals surface area contributed by atoms with Gasteiger partial charge in [-0.3, -0.25) is 0 Å². The molecule has 0 saturated heterocycles. The van der Waals surface area contributed by atoms with E-state index >= 15 is 0 Å². The zero-order chi connectivity index (χ0) is 11.7. The lowest BCUT2D eigenvalue weighted by atomic mass is 10.1. The monoisotopic (exact) mass is 383 g/mol. The van der Waals surface area contributed by atoms with Crippen molar-refractivity contribution < 1.29 is 0 Å². The molecule has 0 spiro atoms. The molecular weight excluding hydrogens is 379 g/mol. The minimum absolute atomic E-state index is 0.457. The molecule has 0 N–H and O–H groups in total. The van der Waals surface area contributed by atoms with Crippen LogP contribution < -0.4 is 0 Å². The van der Waals surface area contributed by atoms with Crippen molar-refractivity contribution in [3.63, 3.8) is 0 Å². The summed E-state index contributed by atoms with van der Waals surface area (Å²) in [7, 11) is 0. The van der Waals surface area contributed by atoms with Gasteiger partial charge in [0.1, 0.15) is 5.15 Å². The zero-order valence-electron chi connectivity index (χ0n) is 7.85. The second-order valence-electron chi connectivity index (χ2n) is 3.12. The predicted molar refractivity (Wildman–Crippen MR) is 77.4 cm³/mol. The molecule has 1 nitrogen and oxygen atoms in total. The van der Waals surface area contributed by atoms with Gasteiger partial charge in [-0.25, -0.2) is 4.98 Å². The van der Waals surface area contributed by atoms with E-state index in [0.29, 0.717) is 15.2 Å². The number of rotatable bonds is 1. The third kappa shape index (κ3) is 2.62. The topological polar surface area (TPSA) is 12.9 Å². The molecule has 1 heterocycles. The second-order valence-corrected chi connectivity index (χ2v) is 5.54. The van der Waals surface area contributed by atoms with Crippen molar-refractivity contribution in [1.82, 2.24) is 4.98 Å². The second kappa shape index (κ2) is 5.08. The average molecular weight is 384 g/mol. The highest BCUT2D eigenvalue weighted by atomic mass is 127. The Balaban J connectivity index is 2.58. The van der Waals surface area contributed by atoms with Crippen molar-refractivity contribution >= 4 is 57.4 Å². The lowest BCUT2D eigenvalue weighted by Crippen LogP contribution is -1.85. The molecule has 0 aliphatic heterocycles. The molecule has 0 fully saturated rings. The number of aromatic nitrogens is 1. The van der Waals surface area contributed by atoms with Gasteiger partial charge < -0.3 is 0 Å². The van der Waals surface area contributed by atoms with Gasteiger partial charge in [0.2, 0.25) is 0 Å². The van der Waals surface area contributed by atoms with Crippen LogP contribution in [0.1, 0.15) is 0 Å². The average Bonchev–Trinajstić information content (AvgIpc) is 2.26. The first-order chi connectivity index (χ1) is 7.58. The normalized spacial score (nSPS) is 10.5. The van der Waals surface area contributed by atoms with Crippen molar-refractivity contribution in [3.8, 4) is 11.1 Å². The molecule has 0 aliphatic carbocycles. The van der Waals surface area contributed by atoms with Crippen molar-refractivity contribution in [2.75, 3.05) is 0 Å². The zero-order valence-corrected chi connectivity index (χ0v) is 12.3. The summed E-state index contributed by atoms with van der Waals surface area (Å²) in [5.74, 6) is 0. The van der Waals surface area contributed by atoms with Gasteiger partial charge in [-0.15, -0.1) is 0 Å². The molecule has 82 valence electrons. The quantitative estimate of drug-likeness (QED) is 0.479. The van der Waals surface area contributed by atoms with Crippen LogP contribution in [0.25, 0.3) is 11.1 Å². The van der Waals surface area contributed by atoms with Crippen molar-refractivity contribution in [2.24, 2.45) is 0 Å². The third-order valence-corrected chi connectivity index (χ3v) is 3.67. The Bertz CT molecular complexity index is 543. The van der Waals surface area contributed by atoms with Crippen LogP contribution in [0, 0.1) is 3.57 Å². The summed E-state index contributed by atoms with van der Waals surface area (Å²) >= 11 is 20.0. The maximum absolute atomic E-state index is 6.03. The van der Waals surface area contributed by atoms with Crippen LogP contribution in [0.3, 0.4) is 0 Å². The highest BCUT2D eigenvalue weighted by molar-refractivity contribution is 14.1. The first-order valence-electron chi connectivity index (χ1n) is 4.34. The van der Waals surface area contributed by atoms with E-state index in [0.717, 1.165) is 14.7 Å². The van der Waals surface area contributed by atoms with E-state index in [-0.39, 0.29) is 0 Å². The highest BCUT2D eigenvalue weighted by Gasteiger charge is 2.07. The Morgan fingerprint density at radius 1 is 1.00 bits per heavy atom. The molecule has 16 heavy (non-hydrogen) atoms. The van der Waals surface area contributed by atoms with Crippen LogP contribution in [0.4, 0.5) is 0 Å². The van der Waals surface area contributed by atoms with E-state index in [9.17, 15) is 0 Å². The Labute approximate surface area is 122 Å². The Hall–Kier alpha value is -0.0300. The van der Waals surface area contributed by atoms with Gasteiger partial charge in [0.25, 0.3) is 0 Å². The van der Waals surface area contributed by atoms with Crippen molar-refractivity contribution in [2.45, 2.75) is 0 Å². The van der Waals surface area contributed by atoms with E-state index in [2.05, 4.69) is 27.6 Å². The largest absolute Gasteiger partial charge is 0.243 e. The maximum atomic E-state index is 6.03. The molecule has 0 radical (unpaired) electrons. The van der Waals surface area contributed by atoms with Crippen LogP contribution in [0.5, 0.6) is 0 Å². The summed E-state index contributed by atoms with van der Waals surface area (Å²) in [4.78, 5) is 4.09. The lowest BCUT2D eigenvalue weighted by Gasteiger charge is -2.05. The van der Waals surface area contributed by atoms with Crippen LogP contribution >= 0.6 is 57.4 Å². The molecule has 2 rings (SSSR count). The SMILES string of the molecule is Clc1ccc(-c2cc(I)cnc2Cl)cc1Cl. The fourth-order valence-electron chi connectivity index (χ4n) is 1.29. The smallest absolute Gasteiger partial charge is 0.136 e. The fraction of sp³-hybridized carbons (Fsp3) is 0. The highest BCUT2D eigenvalue weighted by Crippen LogP contribution is 2.32. The van der Waals surface area contributed by atoms with Crippen LogP contribution in [0.2, 0.25) is 15.2 Å². The summed E-state index contributed by atoms with van der Waals surface area (Å²) in [6.45, 7) is 0. The van der Waals surface area contributed by atoms with E-state index < -0.39 is 0 Å². The summed E-state index contributed by atoms with van der Waals surface area (Å²) in [6.07, 6.45) is 1.71. The molecular formula is C11H5Cl3IN. The lowest BCUT2D eigenvalue weighted by molar-refractivity contribution is 1.31. The minimum Gasteiger partial charge on any atom is -0.243 e. The van der Waals surface area contributed by atoms with Crippen molar-refractivity contribution in [3.05, 3.63) is 49.2 Å². The predicted octanol–water partition coefficient (Wildman–Crippen LogP) is 5.31. The number of halogens is 4. The van der Waals surface area contributed by atoms with Gasteiger partial charge in [-0.1, -0.05) is 40.9 Å². The van der Waals surface area contributed by atoms with Gasteiger partial charge in [0, 0.05) is 15.3 Å². The third-order valence-electron chi connectivity index (χ3n) is 2.04. The van der Waals surface area contributed by atoms with Gasteiger partial charge in [-0.05, 0) is 46.4 Å². The Morgan fingerprint density at radius 3 is 2.44 bits per heavy atom. The molecule has 5 heteroatoms. The molecule has 0 aliphatic rings. The van der Waals surface area contributed by atoms with Gasteiger partial charge in [-0.2, -0.15) is 0 Å². The number of hydrogen-bond acceptors (Lipinski definition) is 1. The van der Waals surface area contributed by atoms with E-state index in [1.807, 2.05) is 12.1 Å². The van der Waals surface area contributed by atoms with E-state index in [1.54, 1.807) is 18.3 Å². The molecule has 0 bridgehead atoms. The number of benzene rings is 1. The van der Waals surface area contributed by atoms with Gasteiger partial charge >= 0.3 is 0 Å². The number of nitrogens with zero attached hydrogens (tertiary/aromatic N) is 1. The molecule has 1 aromatic heterocycles. The molecule has 0 amide bonds. The summed E-state index contributed by atoms with van der Waals surface area (Å²) in [5.41, 5.74) is 1.76. The summed E-state index contributed by atoms with van der Waals surface area (Å²) < 4.78 is 1.02. The number of pyridine rings is 1. The Kier molecular flexibility index (Phi) is 3.95. The molecule has 0 unspecified atom stereocenters. The maximum Gasteiger partial charge on any atom is 0.136 e. The van der Waals surface area contributed by atoms with Crippen molar-refractivity contribution in [1.29, 1.82) is 0 Å². The van der Waals surface area contributed by atoms with Crippen LogP contribution in [0.15, 0.2) is 30.5 Å². The van der Waals surface area contributed by atoms with Gasteiger partial charge in [0.15, 0.2) is 0 Å². The molecule has 1 aromatic carbocycles. The first-order valence-corrected chi connectivity index (χ1v) is 6.55. The standard InChI is InChI=1S/C11H5Cl3IN/c12-9-2-1-6(3-10(9)13)8-4-7(15)5-16-11(8)14/h1-5H. The Morgan fingerprint density at radius 2 is 1.75 bits per heavy atom. The van der Waals surface area contributed by atoms with Crippen LogP contribution in [-0.4, -0.2) is 4.98 Å². The van der Waals surface area contributed by atoms with E-state index in [4.69, 9.17) is 34.8 Å². The molecule has 0 atom stereocenters. The minimum atomic E-state index is 0.457.